The normalized spacial score (nSPS) is 26.3. The molecule has 2 N–H and O–H groups in total. The average Bonchev–Trinajstić information content (AvgIpc) is 2.62. The second kappa shape index (κ2) is 5.59. The van der Waals surface area contributed by atoms with Gasteiger partial charge in [0, 0.05) is 18.7 Å². The minimum atomic E-state index is -0.569. The van der Waals surface area contributed by atoms with Crippen LogP contribution in [0.4, 0.5) is 0 Å². The molecule has 1 aromatic rings. The number of aliphatic hydroxyl groups is 1. The molecule has 0 saturated carbocycles. The summed E-state index contributed by atoms with van der Waals surface area (Å²) < 4.78 is 1.62. The Balaban J connectivity index is 2.17. The highest BCUT2D eigenvalue weighted by Gasteiger charge is 2.30. The zero-order valence-electron chi connectivity index (χ0n) is 11.3. The van der Waals surface area contributed by atoms with Gasteiger partial charge < -0.3 is 10.4 Å². The van der Waals surface area contributed by atoms with Gasteiger partial charge in [-0.2, -0.15) is 5.10 Å². The van der Waals surface area contributed by atoms with Crippen molar-refractivity contribution in [2.45, 2.75) is 45.3 Å². The molecule has 1 aromatic heterocycles. The van der Waals surface area contributed by atoms with E-state index < -0.39 is 6.10 Å². The Bertz CT molecular complexity index is 419. The van der Waals surface area contributed by atoms with Crippen LogP contribution in [-0.4, -0.2) is 27.5 Å². The Morgan fingerprint density at radius 1 is 1.61 bits per heavy atom. The summed E-state index contributed by atoms with van der Waals surface area (Å²) in [5.74, 6) is 0.696. The summed E-state index contributed by atoms with van der Waals surface area (Å²) in [6.45, 7) is 5.07. The van der Waals surface area contributed by atoms with Crippen molar-refractivity contribution in [3.8, 4) is 0 Å². The van der Waals surface area contributed by atoms with Gasteiger partial charge in [0.05, 0.1) is 11.8 Å². The highest BCUT2D eigenvalue weighted by molar-refractivity contribution is 6.30. The van der Waals surface area contributed by atoms with Crippen LogP contribution in [0, 0.1) is 12.8 Å². The number of rotatable bonds is 3. The fourth-order valence-corrected chi connectivity index (χ4v) is 3.11. The van der Waals surface area contributed by atoms with Crippen molar-refractivity contribution in [3.05, 3.63) is 16.4 Å². The van der Waals surface area contributed by atoms with Crippen molar-refractivity contribution < 1.29 is 5.11 Å². The fraction of sp³-hybridized carbons (Fsp3) is 0.769. The third-order valence-electron chi connectivity index (χ3n) is 4.00. The highest BCUT2D eigenvalue weighted by atomic mass is 35.5. The van der Waals surface area contributed by atoms with Crippen molar-refractivity contribution in [2.75, 3.05) is 6.54 Å². The van der Waals surface area contributed by atoms with Crippen LogP contribution in [0.3, 0.4) is 0 Å². The lowest BCUT2D eigenvalue weighted by Crippen LogP contribution is -2.42. The molecule has 18 heavy (non-hydrogen) atoms. The van der Waals surface area contributed by atoms with Gasteiger partial charge in [-0.3, -0.25) is 4.68 Å². The smallest absolute Gasteiger partial charge is 0.132 e. The molecule has 0 spiro atoms. The van der Waals surface area contributed by atoms with E-state index in [4.69, 9.17) is 11.6 Å². The van der Waals surface area contributed by atoms with Crippen LogP contribution in [0.2, 0.25) is 5.15 Å². The lowest BCUT2D eigenvalue weighted by molar-refractivity contribution is 0.0974. The van der Waals surface area contributed by atoms with E-state index in [0.29, 0.717) is 11.1 Å². The van der Waals surface area contributed by atoms with Crippen LogP contribution in [-0.2, 0) is 7.05 Å². The number of nitrogens with one attached hydrogen (secondary N) is 1. The molecule has 0 bridgehead atoms. The molecule has 2 heterocycles. The van der Waals surface area contributed by atoms with E-state index in [9.17, 15) is 5.11 Å². The first-order valence-corrected chi connectivity index (χ1v) is 7.02. The predicted octanol–water partition coefficient (Wildman–Crippen LogP) is 2.19. The third kappa shape index (κ3) is 2.56. The van der Waals surface area contributed by atoms with Gasteiger partial charge in [0.1, 0.15) is 5.15 Å². The SMILES string of the molecule is CCC1CCNC(C(O)c2c(C)nn(C)c2Cl)C1. The zero-order valence-corrected chi connectivity index (χ0v) is 12.0. The first-order chi connectivity index (χ1) is 8.54. The Labute approximate surface area is 113 Å². The van der Waals surface area contributed by atoms with Crippen molar-refractivity contribution in [3.63, 3.8) is 0 Å². The van der Waals surface area contributed by atoms with Crippen LogP contribution in [0.5, 0.6) is 0 Å². The number of aryl methyl sites for hydroxylation is 2. The van der Waals surface area contributed by atoms with Crippen LogP contribution < -0.4 is 5.32 Å². The Morgan fingerprint density at radius 3 is 2.89 bits per heavy atom. The summed E-state index contributed by atoms with van der Waals surface area (Å²) in [4.78, 5) is 0. The van der Waals surface area contributed by atoms with Gasteiger partial charge in [0.15, 0.2) is 0 Å². The number of hydrogen-bond acceptors (Lipinski definition) is 3. The zero-order chi connectivity index (χ0) is 13.3. The molecule has 0 aromatic carbocycles. The van der Waals surface area contributed by atoms with E-state index in [1.165, 1.54) is 12.8 Å². The quantitative estimate of drug-likeness (QED) is 0.886. The van der Waals surface area contributed by atoms with E-state index in [-0.39, 0.29) is 6.04 Å². The Morgan fingerprint density at radius 2 is 2.33 bits per heavy atom. The van der Waals surface area contributed by atoms with E-state index in [1.54, 1.807) is 11.7 Å². The van der Waals surface area contributed by atoms with E-state index >= 15 is 0 Å². The van der Waals surface area contributed by atoms with E-state index in [1.807, 2.05) is 6.92 Å². The molecule has 1 aliphatic heterocycles. The molecule has 1 saturated heterocycles. The molecule has 3 unspecified atom stereocenters. The first kappa shape index (κ1) is 13.8. The van der Waals surface area contributed by atoms with Crippen molar-refractivity contribution in [2.24, 2.45) is 13.0 Å². The number of aliphatic hydroxyl groups excluding tert-OH is 1. The summed E-state index contributed by atoms with van der Waals surface area (Å²) in [6.07, 6.45) is 2.80. The molecule has 0 radical (unpaired) electrons. The summed E-state index contributed by atoms with van der Waals surface area (Å²) in [5, 5.41) is 18.7. The lowest BCUT2D eigenvalue weighted by atomic mass is 9.86. The molecule has 4 nitrogen and oxygen atoms in total. The molecule has 0 aliphatic carbocycles. The van der Waals surface area contributed by atoms with Crippen molar-refractivity contribution in [1.82, 2.24) is 15.1 Å². The topological polar surface area (TPSA) is 50.1 Å². The molecule has 5 heteroatoms. The average molecular weight is 272 g/mol. The summed E-state index contributed by atoms with van der Waals surface area (Å²) >= 11 is 6.21. The van der Waals surface area contributed by atoms with Gasteiger partial charge >= 0.3 is 0 Å². The van der Waals surface area contributed by atoms with Gasteiger partial charge in [0.2, 0.25) is 0 Å². The first-order valence-electron chi connectivity index (χ1n) is 6.65. The Kier molecular flexibility index (Phi) is 4.30. The van der Waals surface area contributed by atoms with E-state index in [2.05, 4.69) is 17.3 Å². The molecular weight excluding hydrogens is 250 g/mol. The standard InChI is InChI=1S/C13H22ClN3O/c1-4-9-5-6-15-10(7-9)12(18)11-8(2)16-17(3)13(11)14/h9-10,12,15,18H,4-7H2,1-3H3. The second-order valence-electron chi connectivity index (χ2n) is 5.22. The number of aromatic nitrogens is 2. The van der Waals surface area contributed by atoms with Crippen molar-refractivity contribution >= 4 is 11.6 Å². The largest absolute Gasteiger partial charge is 0.387 e. The minimum Gasteiger partial charge on any atom is -0.387 e. The van der Waals surface area contributed by atoms with Crippen LogP contribution in [0.25, 0.3) is 0 Å². The maximum Gasteiger partial charge on any atom is 0.132 e. The summed E-state index contributed by atoms with van der Waals surface area (Å²) in [5.41, 5.74) is 1.59. The van der Waals surface area contributed by atoms with Gasteiger partial charge in [-0.1, -0.05) is 24.9 Å². The predicted molar refractivity (Wildman–Crippen MR) is 72.7 cm³/mol. The molecule has 1 aliphatic rings. The second-order valence-corrected chi connectivity index (χ2v) is 5.58. The summed E-state index contributed by atoms with van der Waals surface area (Å²) in [6, 6.07) is 0.0871. The molecule has 3 atom stereocenters. The number of piperidine rings is 1. The number of hydrogen-bond donors (Lipinski definition) is 2. The molecule has 102 valence electrons. The van der Waals surface area contributed by atoms with Crippen LogP contribution >= 0.6 is 11.6 Å². The van der Waals surface area contributed by atoms with E-state index in [0.717, 1.165) is 24.2 Å². The molecule has 1 fully saturated rings. The number of nitrogens with zero attached hydrogens (tertiary/aromatic N) is 2. The maximum absolute atomic E-state index is 10.5. The van der Waals surface area contributed by atoms with Gasteiger partial charge in [-0.05, 0) is 32.2 Å². The third-order valence-corrected chi connectivity index (χ3v) is 4.45. The summed E-state index contributed by atoms with van der Waals surface area (Å²) in [7, 11) is 1.80. The van der Waals surface area contributed by atoms with Gasteiger partial charge in [-0.25, -0.2) is 0 Å². The van der Waals surface area contributed by atoms with Crippen LogP contribution in [0.1, 0.15) is 43.5 Å². The lowest BCUT2D eigenvalue weighted by Gasteiger charge is -2.33. The Hall–Kier alpha value is -0.580. The highest BCUT2D eigenvalue weighted by Crippen LogP contribution is 2.32. The maximum atomic E-state index is 10.5. The number of halogens is 1. The van der Waals surface area contributed by atoms with Crippen molar-refractivity contribution in [1.29, 1.82) is 0 Å². The van der Waals surface area contributed by atoms with Crippen LogP contribution in [0.15, 0.2) is 0 Å². The van der Waals surface area contributed by atoms with Gasteiger partial charge in [0.25, 0.3) is 0 Å². The monoisotopic (exact) mass is 271 g/mol. The molecular formula is C13H22ClN3O. The molecule has 2 rings (SSSR count). The fourth-order valence-electron chi connectivity index (χ4n) is 2.83. The molecule has 0 amide bonds. The van der Waals surface area contributed by atoms with Gasteiger partial charge in [-0.15, -0.1) is 0 Å². The minimum absolute atomic E-state index is 0.0871.